The molecule has 4 aromatic rings. The molecule has 5 rings (SSSR count). The van der Waals surface area contributed by atoms with Gasteiger partial charge in [0.1, 0.15) is 11.6 Å². The highest BCUT2D eigenvalue weighted by Crippen LogP contribution is 2.31. The quantitative estimate of drug-likeness (QED) is 0.549. The van der Waals surface area contributed by atoms with Crippen LogP contribution in [-0.4, -0.2) is 28.2 Å². The van der Waals surface area contributed by atoms with Crippen molar-refractivity contribution in [3.05, 3.63) is 72.6 Å². The molecule has 0 spiro atoms. The van der Waals surface area contributed by atoms with Crippen LogP contribution in [-0.2, 0) is 16.7 Å². The van der Waals surface area contributed by atoms with Crippen molar-refractivity contribution in [2.45, 2.75) is 11.6 Å². The lowest BCUT2D eigenvalue weighted by Crippen LogP contribution is -2.31. The van der Waals surface area contributed by atoms with Crippen molar-refractivity contribution < 1.29 is 13.2 Å². The second-order valence-corrected chi connectivity index (χ2v) is 8.03. The number of nitrogens with zero attached hydrogens (tertiary/aromatic N) is 3. The maximum atomic E-state index is 12.7. The van der Waals surface area contributed by atoms with Gasteiger partial charge in [-0.25, -0.2) is 17.7 Å². The van der Waals surface area contributed by atoms with E-state index in [0.717, 1.165) is 26.1 Å². The molecule has 0 atom stereocenters. The SMILES string of the molecule is O=C1c2ccccc2S(=O)(=O)N1Cn1cnc2cc3ccccc3cc21. The number of hydrogen-bond donors (Lipinski definition) is 0. The van der Waals surface area contributed by atoms with E-state index in [2.05, 4.69) is 4.98 Å². The Morgan fingerprint density at radius 2 is 1.62 bits per heavy atom. The lowest BCUT2D eigenvalue weighted by Gasteiger charge is -2.16. The van der Waals surface area contributed by atoms with Crippen LogP contribution in [0.1, 0.15) is 10.4 Å². The first-order valence-electron chi connectivity index (χ1n) is 8.05. The van der Waals surface area contributed by atoms with Gasteiger partial charge in [-0.3, -0.25) is 4.79 Å². The third-order valence-electron chi connectivity index (χ3n) is 4.68. The van der Waals surface area contributed by atoms with E-state index < -0.39 is 15.9 Å². The third-order valence-corrected chi connectivity index (χ3v) is 6.45. The Balaban J connectivity index is 1.62. The van der Waals surface area contributed by atoms with Crippen molar-refractivity contribution in [1.29, 1.82) is 0 Å². The van der Waals surface area contributed by atoms with Gasteiger partial charge in [-0.2, -0.15) is 0 Å². The fourth-order valence-electron chi connectivity index (χ4n) is 3.37. The molecule has 0 N–H and O–H groups in total. The molecule has 0 unspecified atom stereocenters. The average molecular weight is 363 g/mol. The van der Waals surface area contributed by atoms with Crippen molar-refractivity contribution >= 4 is 37.7 Å². The van der Waals surface area contributed by atoms with E-state index in [4.69, 9.17) is 0 Å². The van der Waals surface area contributed by atoms with Gasteiger partial charge in [-0.05, 0) is 35.0 Å². The summed E-state index contributed by atoms with van der Waals surface area (Å²) in [5.74, 6) is -0.511. The summed E-state index contributed by atoms with van der Waals surface area (Å²) in [6.07, 6.45) is 1.56. The monoisotopic (exact) mass is 363 g/mol. The molecule has 26 heavy (non-hydrogen) atoms. The van der Waals surface area contributed by atoms with E-state index in [-0.39, 0.29) is 17.1 Å². The topological polar surface area (TPSA) is 72.3 Å². The second kappa shape index (κ2) is 5.15. The molecule has 0 saturated carbocycles. The predicted molar refractivity (Wildman–Crippen MR) is 97.0 cm³/mol. The lowest BCUT2D eigenvalue weighted by atomic mass is 10.1. The molecule has 0 radical (unpaired) electrons. The molecule has 0 fully saturated rings. The van der Waals surface area contributed by atoms with Gasteiger partial charge in [0.2, 0.25) is 0 Å². The van der Waals surface area contributed by atoms with Crippen molar-refractivity contribution in [3.63, 3.8) is 0 Å². The standard InChI is InChI=1S/C19H13N3O3S/c23-19-15-7-3-4-8-18(15)26(24,25)22(19)12-21-11-20-16-9-13-5-1-2-6-14(13)10-17(16)21/h1-11H,12H2. The number of sulfonamides is 1. The molecule has 1 amide bonds. The third kappa shape index (κ3) is 2.01. The van der Waals surface area contributed by atoms with E-state index >= 15 is 0 Å². The number of benzene rings is 3. The number of amides is 1. The summed E-state index contributed by atoms with van der Waals surface area (Å²) in [7, 11) is -3.85. The molecule has 1 aliphatic rings. The number of imidazole rings is 1. The summed E-state index contributed by atoms with van der Waals surface area (Å²) in [6, 6.07) is 18.1. The Bertz CT molecular complexity index is 1310. The molecule has 3 aromatic carbocycles. The summed E-state index contributed by atoms with van der Waals surface area (Å²) in [6.45, 7) is -0.106. The zero-order chi connectivity index (χ0) is 17.9. The van der Waals surface area contributed by atoms with Gasteiger partial charge in [0.15, 0.2) is 0 Å². The van der Waals surface area contributed by atoms with Crippen LogP contribution in [0.2, 0.25) is 0 Å². The summed E-state index contributed by atoms with van der Waals surface area (Å²) in [4.78, 5) is 17.0. The van der Waals surface area contributed by atoms with E-state index in [1.165, 1.54) is 12.1 Å². The fourth-order valence-corrected chi connectivity index (χ4v) is 4.88. The van der Waals surface area contributed by atoms with E-state index in [1.54, 1.807) is 23.0 Å². The largest absolute Gasteiger partial charge is 0.311 e. The first kappa shape index (κ1) is 15.1. The van der Waals surface area contributed by atoms with Crippen molar-refractivity contribution in [2.24, 2.45) is 0 Å². The van der Waals surface area contributed by atoms with E-state index in [9.17, 15) is 13.2 Å². The highest BCUT2D eigenvalue weighted by Gasteiger charge is 2.41. The van der Waals surface area contributed by atoms with Crippen LogP contribution < -0.4 is 0 Å². The Labute approximate surface area is 149 Å². The summed E-state index contributed by atoms with van der Waals surface area (Å²) < 4.78 is 28.1. The number of carbonyl (C=O) groups excluding carboxylic acids is 1. The Morgan fingerprint density at radius 1 is 0.923 bits per heavy atom. The van der Waals surface area contributed by atoms with Gasteiger partial charge in [0, 0.05) is 0 Å². The Morgan fingerprint density at radius 3 is 2.38 bits per heavy atom. The first-order valence-corrected chi connectivity index (χ1v) is 9.49. The highest BCUT2D eigenvalue weighted by atomic mass is 32.2. The molecule has 0 saturated heterocycles. The number of rotatable bonds is 2. The van der Waals surface area contributed by atoms with Gasteiger partial charge in [0.25, 0.3) is 15.9 Å². The minimum absolute atomic E-state index is 0.0554. The van der Waals surface area contributed by atoms with Gasteiger partial charge < -0.3 is 4.57 Å². The van der Waals surface area contributed by atoms with Crippen LogP contribution in [0.4, 0.5) is 0 Å². The van der Waals surface area contributed by atoms with Crippen molar-refractivity contribution in [1.82, 2.24) is 13.9 Å². The molecule has 2 heterocycles. The minimum Gasteiger partial charge on any atom is -0.311 e. The van der Waals surface area contributed by atoms with Gasteiger partial charge >= 0.3 is 0 Å². The zero-order valence-electron chi connectivity index (χ0n) is 13.5. The summed E-state index contributed by atoms with van der Waals surface area (Å²) in [5.41, 5.74) is 1.75. The van der Waals surface area contributed by atoms with Gasteiger partial charge in [0.05, 0.1) is 22.9 Å². The number of aromatic nitrogens is 2. The maximum absolute atomic E-state index is 12.7. The second-order valence-electron chi connectivity index (χ2n) is 6.20. The smallest absolute Gasteiger partial charge is 0.270 e. The van der Waals surface area contributed by atoms with Crippen LogP contribution >= 0.6 is 0 Å². The first-order chi connectivity index (χ1) is 12.6. The normalized spacial score (nSPS) is 15.7. The summed E-state index contributed by atoms with van der Waals surface area (Å²) >= 11 is 0. The maximum Gasteiger partial charge on any atom is 0.270 e. The Kier molecular flexibility index (Phi) is 2.99. The zero-order valence-corrected chi connectivity index (χ0v) is 14.3. The number of carbonyl (C=O) groups is 1. The van der Waals surface area contributed by atoms with E-state index in [1.807, 2.05) is 36.4 Å². The van der Waals surface area contributed by atoms with Crippen LogP contribution in [0.25, 0.3) is 21.8 Å². The fraction of sp³-hybridized carbons (Fsp3) is 0.0526. The van der Waals surface area contributed by atoms with Crippen LogP contribution in [0.5, 0.6) is 0 Å². The average Bonchev–Trinajstić information content (AvgIpc) is 3.12. The molecule has 6 nitrogen and oxygen atoms in total. The molecule has 1 aliphatic heterocycles. The van der Waals surface area contributed by atoms with Crippen molar-refractivity contribution in [2.75, 3.05) is 0 Å². The van der Waals surface area contributed by atoms with Crippen LogP contribution in [0.3, 0.4) is 0 Å². The number of fused-ring (bicyclic) bond motifs is 3. The van der Waals surface area contributed by atoms with E-state index in [0.29, 0.717) is 0 Å². The molecule has 128 valence electrons. The molecular weight excluding hydrogens is 350 g/mol. The number of hydrogen-bond acceptors (Lipinski definition) is 4. The molecule has 0 aliphatic carbocycles. The molecular formula is C19H13N3O3S. The van der Waals surface area contributed by atoms with Gasteiger partial charge in [-0.15, -0.1) is 0 Å². The van der Waals surface area contributed by atoms with Crippen LogP contribution in [0, 0.1) is 0 Å². The minimum atomic E-state index is -3.85. The molecule has 7 heteroatoms. The van der Waals surface area contributed by atoms with Crippen LogP contribution in [0.15, 0.2) is 71.9 Å². The highest BCUT2D eigenvalue weighted by molar-refractivity contribution is 7.90. The lowest BCUT2D eigenvalue weighted by molar-refractivity contribution is 0.0846. The Hall–Kier alpha value is -3.19. The predicted octanol–water partition coefficient (Wildman–Crippen LogP) is 2.99. The molecule has 0 bridgehead atoms. The molecule has 1 aromatic heterocycles. The van der Waals surface area contributed by atoms with Crippen molar-refractivity contribution in [3.8, 4) is 0 Å². The van der Waals surface area contributed by atoms with Gasteiger partial charge in [-0.1, -0.05) is 36.4 Å². The summed E-state index contributed by atoms with van der Waals surface area (Å²) in [5, 5.41) is 2.09.